The molecule has 0 heterocycles. The minimum atomic E-state index is -3.49. The molecule has 1 N–H and O–H groups in total. The van der Waals surface area contributed by atoms with Crippen LogP contribution in [0.5, 0.6) is 0 Å². The van der Waals surface area contributed by atoms with E-state index in [-0.39, 0.29) is 17.3 Å². The lowest BCUT2D eigenvalue weighted by atomic mass is 10.1. The fourth-order valence-electron chi connectivity index (χ4n) is 2.33. The smallest absolute Gasteiger partial charge is 0.310 e. The number of esters is 1. The van der Waals surface area contributed by atoms with Crippen LogP contribution in [0.3, 0.4) is 0 Å². The van der Waals surface area contributed by atoms with E-state index in [1.807, 2.05) is 31.2 Å². The molecular formula is C19H23NO4S. The lowest BCUT2D eigenvalue weighted by Gasteiger charge is -2.08. The Balaban J connectivity index is 1.87. The Morgan fingerprint density at radius 1 is 1.00 bits per heavy atom. The molecule has 6 heteroatoms. The number of aryl methyl sites for hydroxylation is 1. The third-order valence-electron chi connectivity index (χ3n) is 3.71. The Labute approximate surface area is 149 Å². The van der Waals surface area contributed by atoms with Crippen molar-refractivity contribution < 1.29 is 17.9 Å². The van der Waals surface area contributed by atoms with Gasteiger partial charge in [0.05, 0.1) is 17.9 Å². The number of hydrogen-bond donors (Lipinski definition) is 1. The Bertz CT molecular complexity index is 796. The second kappa shape index (κ2) is 8.78. The van der Waals surface area contributed by atoms with Crippen molar-refractivity contribution in [3.63, 3.8) is 0 Å². The molecule has 0 amide bonds. The maximum atomic E-state index is 12.2. The van der Waals surface area contributed by atoms with Gasteiger partial charge in [0.25, 0.3) is 0 Å². The average molecular weight is 361 g/mol. The summed E-state index contributed by atoms with van der Waals surface area (Å²) in [5.41, 5.74) is 2.89. The van der Waals surface area contributed by atoms with Crippen LogP contribution >= 0.6 is 0 Å². The van der Waals surface area contributed by atoms with E-state index >= 15 is 0 Å². The van der Waals surface area contributed by atoms with E-state index in [1.165, 1.54) is 0 Å². The highest BCUT2D eigenvalue weighted by Crippen LogP contribution is 2.10. The molecule has 0 fully saturated rings. The first-order valence-electron chi connectivity index (χ1n) is 8.20. The Kier molecular flexibility index (Phi) is 6.73. The summed E-state index contributed by atoms with van der Waals surface area (Å²) in [5.74, 6) is -0.249. The molecule has 0 aliphatic heterocycles. The summed E-state index contributed by atoms with van der Waals surface area (Å²) < 4.78 is 31.9. The zero-order valence-corrected chi connectivity index (χ0v) is 15.3. The van der Waals surface area contributed by atoms with Gasteiger partial charge in [0.2, 0.25) is 10.0 Å². The quantitative estimate of drug-likeness (QED) is 0.734. The minimum absolute atomic E-state index is 0.244. The molecule has 2 rings (SSSR count). The van der Waals surface area contributed by atoms with Crippen molar-refractivity contribution in [3.8, 4) is 0 Å². The zero-order chi connectivity index (χ0) is 18.3. The van der Waals surface area contributed by atoms with E-state index < -0.39 is 10.0 Å². The van der Waals surface area contributed by atoms with Gasteiger partial charge in [-0.2, -0.15) is 0 Å². The molecule has 0 aliphatic rings. The van der Waals surface area contributed by atoms with Crippen molar-refractivity contribution >= 4 is 16.0 Å². The standard InChI is InChI=1S/C19H23NO4S/c1-3-24-19(21)14-17-8-6-16(7-9-17)12-13-20-25(22,23)18-10-4-15(2)5-11-18/h4-11,20H,3,12-14H2,1-2H3. The van der Waals surface area contributed by atoms with Crippen molar-refractivity contribution in [2.24, 2.45) is 0 Å². The van der Waals surface area contributed by atoms with Gasteiger partial charge in [-0.3, -0.25) is 4.79 Å². The summed E-state index contributed by atoms with van der Waals surface area (Å²) in [6, 6.07) is 14.3. The number of rotatable bonds is 8. The second-order valence-corrected chi connectivity index (χ2v) is 7.53. The van der Waals surface area contributed by atoms with Crippen molar-refractivity contribution in [1.82, 2.24) is 4.72 Å². The van der Waals surface area contributed by atoms with E-state index in [1.54, 1.807) is 31.2 Å². The average Bonchev–Trinajstić information content (AvgIpc) is 2.57. The summed E-state index contributed by atoms with van der Waals surface area (Å²) in [6.07, 6.45) is 0.818. The number of carbonyl (C=O) groups excluding carboxylic acids is 1. The van der Waals surface area contributed by atoms with Crippen LogP contribution in [-0.4, -0.2) is 27.5 Å². The van der Waals surface area contributed by atoms with Gasteiger partial charge in [-0.25, -0.2) is 13.1 Å². The van der Waals surface area contributed by atoms with Crippen molar-refractivity contribution in [2.75, 3.05) is 13.2 Å². The normalized spacial score (nSPS) is 11.3. The number of sulfonamides is 1. The third-order valence-corrected chi connectivity index (χ3v) is 5.19. The van der Waals surface area contributed by atoms with Crippen molar-refractivity contribution in [3.05, 3.63) is 65.2 Å². The molecule has 0 aliphatic carbocycles. The minimum Gasteiger partial charge on any atom is -0.466 e. The number of ether oxygens (including phenoxy) is 1. The lowest BCUT2D eigenvalue weighted by molar-refractivity contribution is -0.142. The van der Waals surface area contributed by atoms with Gasteiger partial charge in [-0.15, -0.1) is 0 Å². The highest BCUT2D eigenvalue weighted by atomic mass is 32.2. The number of hydrogen-bond acceptors (Lipinski definition) is 4. The summed E-state index contributed by atoms with van der Waals surface area (Å²) in [6.45, 7) is 4.37. The first kappa shape index (κ1) is 19.1. The van der Waals surface area contributed by atoms with Gasteiger partial charge in [0, 0.05) is 6.54 Å². The molecule has 5 nitrogen and oxygen atoms in total. The molecule has 25 heavy (non-hydrogen) atoms. The third kappa shape index (κ3) is 5.99. The molecule has 0 aromatic heterocycles. The molecule has 0 atom stereocenters. The van der Waals surface area contributed by atoms with Crippen LogP contribution in [-0.2, 0) is 32.4 Å². The van der Waals surface area contributed by atoms with E-state index in [2.05, 4.69) is 4.72 Å². The number of nitrogens with one attached hydrogen (secondary N) is 1. The SMILES string of the molecule is CCOC(=O)Cc1ccc(CCNS(=O)(=O)c2ccc(C)cc2)cc1. The molecular weight excluding hydrogens is 338 g/mol. The van der Waals surface area contributed by atoms with Crippen LogP contribution in [0.2, 0.25) is 0 Å². The van der Waals surface area contributed by atoms with Gasteiger partial charge >= 0.3 is 5.97 Å². The van der Waals surface area contributed by atoms with Gasteiger partial charge in [0.15, 0.2) is 0 Å². The van der Waals surface area contributed by atoms with Crippen LogP contribution in [0.4, 0.5) is 0 Å². The molecule has 0 saturated carbocycles. The maximum absolute atomic E-state index is 12.2. The predicted molar refractivity (Wildman–Crippen MR) is 96.9 cm³/mol. The monoisotopic (exact) mass is 361 g/mol. The fourth-order valence-corrected chi connectivity index (χ4v) is 3.36. The van der Waals surface area contributed by atoms with Gasteiger partial charge in [-0.05, 0) is 43.5 Å². The first-order chi connectivity index (χ1) is 11.9. The first-order valence-corrected chi connectivity index (χ1v) is 9.69. The Hall–Kier alpha value is -2.18. The van der Waals surface area contributed by atoms with Crippen LogP contribution in [0.25, 0.3) is 0 Å². The molecule has 2 aromatic carbocycles. The van der Waals surface area contributed by atoms with Crippen molar-refractivity contribution in [1.29, 1.82) is 0 Å². The highest BCUT2D eigenvalue weighted by Gasteiger charge is 2.12. The Morgan fingerprint density at radius 3 is 2.20 bits per heavy atom. The molecule has 0 unspecified atom stereocenters. The Morgan fingerprint density at radius 2 is 1.60 bits per heavy atom. The van der Waals surface area contributed by atoms with Crippen molar-refractivity contribution in [2.45, 2.75) is 31.6 Å². The number of benzene rings is 2. The van der Waals surface area contributed by atoms with E-state index in [9.17, 15) is 13.2 Å². The van der Waals surface area contributed by atoms with E-state index in [0.717, 1.165) is 16.7 Å². The molecule has 0 bridgehead atoms. The summed E-state index contributed by atoms with van der Waals surface area (Å²) >= 11 is 0. The van der Waals surface area contributed by atoms with Crippen LogP contribution in [0.1, 0.15) is 23.6 Å². The molecule has 2 aromatic rings. The predicted octanol–water partition coefficient (Wildman–Crippen LogP) is 2.62. The van der Waals surface area contributed by atoms with Crippen LogP contribution in [0, 0.1) is 6.92 Å². The molecule has 0 radical (unpaired) electrons. The maximum Gasteiger partial charge on any atom is 0.310 e. The van der Waals surface area contributed by atoms with Gasteiger partial charge in [0.1, 0.15) is 0 Å². The van der Waals surface area contributed by atoms with E-state index in [0.29, 0.717) is 19.6 Å². The van der Waals surface area contributed by atoms with Crippen LogP contribution < -0.4 is 4.72 Å². The summed E-state index contributed by atoms with van der Waals surface area (Å²) in [7, 11) is -3.49. The fraction of sp³-hybridized carbons (Fsp3) is 0.316. The summed E-state index contributed by atoms with van der Waals surface area (Å²) in [4.78, 5) is 11.7. The number of carbonyl (C=O) groups is 1. The molecule has 134 valence electrons. The highest BCUT2D eigenvalue weighted by molar-refractivity contribution is 7.89. The van der Waals surface area contributed by atoms with Gasteiger partial charge in [-0.1, -0.05) is 42.0 Å². The molecule has 0 saturated heterocycles. The largest absolute Gasteiger partial charge is 0.466 e. The van der Waals surface area contributed by atoms with E-state index in [4.69, 9.17) is 4.74 Å². The zero-order valence-electron chi connectivity index (χ0n) is 14.5. The topological polar surface area (TPSA) is 72.5 Å². The summed E-state index contributed by atoms with van der Waals surface area (Å²) in [5, 5.41) is 0. The molecule has 0 spiro atoms. The van der Waals surface area contributed by atoms with Gasteiger partial charge < -0.3 is 4.74 Å². The lowest BCUT2D eigenvalue weighted by Crippen LogP contribution is -2.26. The van der Waals surface area contributed by atoms with Crippen LogP contribution in [0.15, 0.2) is 53.4 Å². The second-order valence-electron chi connectivity index (χ2n) is 5.76.